The Balaban J connectivity index is 0.00000484. The van der Waals surface area contributed by atoms with Gasteiger partial charge in [0.05, 0.1) is 6.61 Å². The highest BCUT2D eigenvalue weighted by Crippen LogP contribution is 2.06. The summed E-state index contributed by atoms with van der Waals surface area (Å²) in [6.07, 6.45) is 4.07. The number of aliphatic imine (C=N–C) groups is 1. The number of hydrogen-bond donors (Lipinski definition) is 1. The molecule has 23 heavy (non-hydrogen) atoms. The number of allylic oxidation sites excluding steroid dienone is 1. The zero-order chi connectivity index (χ0) is 16.2. The Hall–Kier alpha value is -1.08. The molecular formula is C18H30IN3O. The van der Waals surface area contributed by atoms with Crippen molar-refractivity contribution in [3.8, 4) is 0 Å². The normalized spacial score (nSPS) is 10.8. The molecule has 1 N–H and O–H groups in total. The Morgan fingerprint density at radius 1 is 1.30 bits per heavy atom. The Morgan fingerprint density at radius 3 is 2.52 bits per heavy atom. The lowest BCUT2D eigenvalue weighted by Gasteiger charge is -2.22. The molecule has 0 fully saturated rings. The summed E-state index contributed by atoms with van der Waals surface area (Å²) in [6, 6.07) is 8.49. The molecule has 1 rings (SSSR count). The van der Waals surface area contributed by atoms with Gasteiger partial charge < -0.3 is 15.0 Å². The van der Waals surface area contributed by atoms with Gasteiger partial charge in [-0.25, -0.2) is 0 Å². The third-order valence-electron chi connectivity index (χ3n) is 3.42. The molecule has 0 spiro atoms. The average molecular weight is 431 g/mol. The van der Waals surface area contributed by atoms with Crippen molar-refractivity contribution < 1.29 is 4.74 Å². The molecule has 0 unspecified atom stereocenters. The molecule has 0 radical (unpaired) electrons. The van der Waals surface area contributed by atoms with Gasteiger partial charge in [0.25, 0.3) is 0 Å². The first kappa shape index (κ1) is 21.9. The van der Waals surface area contributed by atoms with Gasteiger partial charge in [0.15, 0.2) is 5.96 Å². The van der Waals surface area contributed by atoms with E-state index < -0.39 is 0 Å². The van der Waals surface area contributed by atoms with Gasteiger partial charge in [0.2, 0.25) is 0 Å². The molecule has 1 aromatic carbocycles. The van der Waals surface area contributed by atoms with Crippen LogP contribution in [0.5, 0.6) is 0 Å². The number of halogens is 1. The molecule has 0 amide bonds. The van der Waals surface area contributed by atoms with Crippen molar-refractivity contribution in [3.05, 3.63) is 48.0 Å². The van der Waals surface area contributed by atoms with E-state index in [1.807, 2.05) is 20.0 Å². The van der Waals surface area contributed by atoms with Gasteiger partial charge in [-0.2, -0.15) is 0 Å². The monoisotopic (exact) mass is 431 g/mol. The molecule has 0 saturated carbocycles. The van der Waals surface area contributed by atoms with Crippen LogP contribution < -0.4 is 5.32 Å². The number of unbranched alkanes of at least 4 members (excludes halogenated alkanes) is 1. The van der Waals surface area contributed by atoms with Crippen molar-refractivity contribution in [3.63, 3.8) is 0 Å². The molecule has 0 atom stereocenters. The smallest absolute Gasteiger partial charge is 0.193 e. The minimum Gasteiger partial charge on any atom is -0.377 e. The van der Waals surface area contributed by atoms with Gasteiger partial charge in [0, 0.05) is 33.8 Å². The first-order valence-corrected chi connectivity index (χ1v) is 7.89. The van der Waals surface area contributed by atoms with E-state index in [0.29, 0.717) is 6.61 Å². The highest BCUT2D eigenvalue weighted by molar-refractivity contribution is 14.0. The first-order chi connectivity index (χ1) is 10.7. The molecule has 0 aliphatic carbocycles. The van der Waals surface area contributed by atoms with Crippen LogP contribution in [0.4, 0.5) is 0 Å². The molecule has 0 saturated heterocycles. The Bertz CT molecular complexity index is 460. The second kappa shape index (κ2) is 13.4. The second-order valence-corrected chi connectivity index (χ2v) is 5.21. The van der Waals surface area contributed by atoms with E-state index in [0.717, 1.165) is 38.5 Å². The van der Waals surface area contributed by atoms with Crippen LogP contribution in [-0.2, 0) is 17.9 Å². The lowest BCUT2D eigenvalue weighted by molar-refractivity contribution is 0.134. The van der Waals surface area contributed by atoms with Crippen molar-refractivity contribution in [2.24, 2.45) is 4.99 Å². The van der Waals surface area contributed by atoms with Crippen LogP contribution in [0.25, 0.3) is 0 Å². The molecule has 5 heteroatoms. The molecule has 0 aromatic heterocycles. The predicted molar refractivity (Wildman–Crippen MR) is 109 cm³/mol. The maximum atomic E-state index is 5.40. The summed E-state index contributed by atoms with van der Waals surface area (Å²) >= 11 is 0. The summed E-state index contributed by atoms with van der Waals surface area (Å²) in [5.74, 6) is 0.919. The van der Waals surface area contributed by atoms with Crippen LogP contribution in [0.2, 0.25) is 0 Å². The van der Waals surface area contributed by atoms with Gasteiger partial charge >= 0.3 is 0 Å². The Kier molecular flexibility index (Phi) is 12.7. The van der Waals surface area contributed by atoms with E-state index >= 15 is 0 Å². The third-order valence-corrected chi connectivity index (χ3v) is 3.42. The third kappa shape index (κ3) is 8.95. The number of rotatable bonds is 9. The van der Waals surface area contributed by atoms with E-state index in [1.54, 1.807) is 0 Å². The molecule has 0 heterocycles. The molecule has 130 valence electrons. The van der Waals surface area contributed by atoms with E-state index in [9.17, 15) is 0 Å². The number of ether oxygens (including phenoxy) is 1. The topological polar surface area (TPSA) is 36.9 Å². The van der Waals surface area contributed by atoms with Crippen molar-refractivity contribution in [2.75, 3.05) is 27.2 Å². The zero-order valence-electron chi connectivity index (χ0n) is 14.5. The van der Waals surface area contributed by atoms with Crippen molar-refractivity contribution in [1.29, 1.82) is 0 Å². The highest BCUT2D eigenvalue weighted by Gasteiger charge is 2.04. The summed E-state index contributed by atoms with van der Waals surface area (Å²) in [4.78, 5) is 6.47. The van der Waals surface area contributed by atoms with Crippen LogP contribution in [-0.4, -0.2) is 38.1 Å². The largest absolute Gasteiger partial charge is 0.377 e. The van der Waals surface area contributed by atoms with Crippen LogP contribution >= 0.6 is 24.0 Å². The lowest BCUT2D eigenvalue weighted by atomic mass is 10.1. The highest BCUT2D eigenvalue weighted by atomic mass is 127. The van der Waals surface area contributed by atoms with E-state index in [4.69, 9.17) is 4.74 Å². The minimum atomic E-state index is 0. The first-order valence-electron chi connectivity index (χ1n) is 7.89. The number of nitrogens with zero attached hydrogens (tertiary/aromatic N) is 2. The van der Waals surface area contributed by atoms with Gasteiger partial charge in [-0.15, -0.1) is 30.6 Å². The Labute approximate surface area is 158 Å². The van der Waals surface area contributed by atoms with Crippen molar-refractivity contribution >= 4 is 29.9 Å². The summed E-state index contributed by atoms with van der Waals surface area (Å²) < 4.78 is 5.40. The van der Waals surface area contributed by atoms with Crippen LogP contribution in [0.3, 0.4) is 0 Å². The second-order valence-electron chi connectivity index (χ2n) is 5.21. The SMILES string of the molecule is C=CCCCN(C)C(=NC)NCc1ccc(COCC)cc1.I. The maximum absolute atomic E-state index is 5.40. The van der Waals surface area contributed by atoms with E-state index in [1.165, 1.54) is 11.1 Å². The van der Waals surface area contributed by atoms with Gasteiger partial charge in [-0.1, -0.05) is 30.3 Å². The maximum Gasteiger partial charge on any atom is 0.193 e. The standard InChI is InChI=1S/C18H29N3O.HI/c1-5-7-8-13-21(4)18(19-3)20-14-16-9-11-17(12-10-16)15-22-6-2;/h5,9-12H,1,6-8,13-15H2,2-4H3,(H,19,20);1H. The van der Waals surface area contributed by atoms with Gasteiger partial charge in [-0.05, 0) is 30.9 Å². The molecular weight excluding hydrogens is 401 g/mol. The molecule has 0 aliphatic rings. The van der Waals surface area contributed by atoms with E-state index in [-0.39, 0.29) is 24.0 Å². The number of hydrogen-bond acceptors (Lipinski definition) is 2. The van der Waals surface area contributed by atoms with Crippen LogP contribution in [0, 0.1) is 0 Å². The molecule has 0 bridgehead atoms. The van der Waals surface area contributed by atoms with Crippen LogP contribution in [0.1, 0.15) is 30.9 Å². The summed E-state index contributed by atoms with van der Waals surface area (Å²) in [6.45, 7) is 8.93. The van der Waals surface area contributed by atoms with Crippen LogP contribution in [0.15, 0.2) is 41.9 Å². The average Bonchev–Trinajstić information content (AvgIpc) is 2.55. The lowest BCUT2D eigenvalue weighted by Crippen LogP contribution is -2.38. The molecule has 0 aliphatic heterocycles. The quantitative estimate of drug-likeness (QED) is 0.212. The summed E-state index contributed by atoms with van der Waals surface area (Å²) in [5, 5.41) is 3.39. The zero-order valence-corrected chi connectivity index (χ0v) is 16.9. The molecule has 1 aromatic rings. The fourth-order valence-electron chi connectivity index (χ4n) is 2.12. The minimum absolute atomic E-state index is 0. The fourth-order valence-corrected chi connectivity index (χ4v) is 2.12. The number of guanidine groups is 1. The van der Waals surface area contributed by atoms with Gasteiger partial charge in [-0.3, -0.25) is 4.99 Å². The van der Waals surface area contributed by atoms with Crippen molar-refractivity contribution in [1.82, 2.24) is 10.2 Å². The predicted octanol–water partition coefficient (Wildman–Crippen LogP) is 3.81. The number of benzene rings is 1. The summed E-state index contributed by atoms with van der Waals surface area (Å²) in [5.41, 5.74) is 2.44. The van der Waals surface area contributed by atoms with Gasteiger partial charge in [0.1, 0.15) is 0 Å². The fraction of sp³-hybridized carbons (Fsp3) is 0.500. The van der Waals surface area contributed by atoms with E-state index in [2.05, 4.69) is 53.1 Å². The number of nitrogens with one attached hydrogen (secondary N) is 1. The van der Waals surface area contributed by atoms with Crippen molar-refractivity contribution in [2.45, 2.75) is 32.9 Å². The molecule has 4 nitrogen and oxygen atoms in total. The summed E-state index contributed by atoms with van der Waals surface area (Å²) in [7, 11) is 3.88. The Morgan fingerprint density at radius 2 is 1.96 bits per heavy atom.